The van der Waals surface area contributed by atoms with Crippen LogP contribution in [0.5, 0.6) is 23.0 Å². The third-order valence-electron chi connectivity index (χ3n) is 4.24. The Morgan fingerprint density at radius 2 is 1.61 bits per heavy atom. The van der Waals surface area contributed by atoms with E-state index < -0.39 is 22.5 Å². The van der Waals surface area contributed by atoms with Crippen LogP contribution < -0.4 is 24.4 Å². The van der Waals surface area contributed by atoms with Gasteiger partial charge in [0.25, 0.3) is 5.91 Å². The van der Waals surface area contributed by atoms with Gasteiger partial charge in [-0.2, -0.15) is 9.41 Å². The Hall–Kier alpha value is -3.31. The predicted molar refractivity (Wildman–Crippen MR) is 115 cm³/mol. The number of likely N-dealkylation sites (N-methyl/N-ethyl adjacent to an activating group) is 1. The second-order valence-corrected chi connectivity index (χ2v) is 8.20. The molecule has 0 spiro atoms. The molecule has 0 bridgehead atoms. The summed E-state index contributed by atoms with van der Waals surface area (Å²) in [5.41, 5.74) is 2.95. The Morgan fingerprint density at radius 3 is 2.23 bits per heavy atom. The summed E-state index contributed by atoms with van der Waals surface area (Å²) in [5.74, 6) is 0.931. The average Bonchev–Trinajstić information content (AvgIpc) is 2.78. The number of sulfonamides is 1. The Kier molecular flexibility index (Phi) is 8.22. The van der Waals surface area contributed by atoms with Crippen LogP contribution in [0.2, 0.25) is 0 Å². The van der Waals surface area contributed by atoms with Crippen LogP contribution in [-0.4, -0.2) is 66.9 Å². The van der Waals surface area contributed by atoms with E-state index in [1.54, 1.807) is 24.3 Å². The maximum absolute atomic E-state index is 12.9. The minimum absolute atomic E-state index is 0.113. The highest BCUT2D eigenvalue weighted by Gasteiger charge is 2.27. The Labute approximate surface area is 181 Å². The van der Waals surface area contributed by atoms with E-state index in [2.05, 4.69) is 10.5 Å². The van der Waals surface area contributed by atoms with Gasteiger partial charge in [-0.15, -0.1) is 0 Å². The first kappa shape index (κ1) is 24.0. The predicted octanol–water partition coefficient (Wildman–Crippen LogP) is 1.49. The molecule has 0 saturated carbocycles. The SMILES string of the molecule is COc1ccc(OC)c(S(=O)(=O)N(C)CC(=O)N/N=C/c2ccc(OC)c(OC)c2)c1. The van der Waals surface area contributed by atoms with E-state index in [4.69, 9.17) is 18.9 Å². The van der Waals surface area contributed by atoms with E-state index in [1.807, 2.05) is 0 Å². The standard InChI is InChI=1S/C20H25N3O7S/c1-23(31(25,26)19-11-15(27-2)7-9-17(19)29-4)13-20(24)22-21-12-14-6-8-16(28-3)18(10-14)30-5/h6-12H,13H2,1-5H3,(H,22,24)/b21-12+. The highest BCUT2D eigenvalue weighted by molar-refractivity contribution is 7.89. The number of nitrogens with zero attached hydrogens (tertiary/aromatic N) is 2. The largest absolute Gasteiger partial charge is 0.497 e. The van der Waals surface area contributed by atoms with Crippen LogP contribution in [0, 0.1) is 0 Å². The summed E-state index contributed by atoms with van der Waals surface area (Å²) in [6, 6.07) is 9.49. The normalized spacial score (nSPS) is 11.4. The number of carbonyl (C=O) groups excluding carboxylic acids is 1. The van der Waals surface area contributed by atoms with Crippen molar-refractivity contribution in [1.29, 1.82) is 0 Å². The number of amides is 1. The zero-order chi connectivity index (χ0) is 23.0. The van der Waals surface area contributed by atoms with Gasteiger partial charge >= 0.3 is 0 Å². The van der Waals surface area contributed by atoms with Crippen LogP contribution in [0.4, 0.5) is 0 Å². The van der Waals surface area contributed by atoms with Crippen LogP contribution in [0.15, 0.2) is 46.4 Å². The first-order valence-corrected chi connectivity index (χ1v) is 10.4. The molecule has 1 N–H and O–H groups in total. The van der Waals surface area contributed by atoms with Gasteiger partial charge in [-0.05, 0) is 35.9 Å². The molecule has 0 aliphatic heterocycles. The molecule has 0 fully saturated rings. The second-order valence-electron chi connectivity index (χ2n) is 6.19. The molecule has 0 heterocycles. The number of hydrazone groups is 1. The average molecular weight is 452 g/mol. The zero-order valence-electron chi connectivity index (χ0n) is 17.9. The van der Waals surface area contributed by atoms with Gasteiger partial charge in [0, 0.05) is 13.1 Å². The van der Waals surface area contributed by atoms with E-state index in [0.717, 1.165) is 4.31 Å². The van der Waals surface area contributed by atoms with Crippen molar-refractivity contribution in [1.82, 2.24) is 9.73 Å². The molecule has 31 heavy (non-hydrogen) atoms. The van der Waals surface area contributed by atoms with Crippen molar-refractivity contribution < 1.29 is 32.2 Å². The maximum Gasteiger partial charge on any atom is 0.255 e. The lowest BCUT2D eigenvalue weighted by Crippen LogP contribution is -2.36. The van der Waals surface area contributed by atoms with Crippen molar-refractivity contribution in [3.8, 4) is 23.0 Å². The van der Waals surface area contributed by atoms with E-state index in [9.17, 15) is 13.2 Å². The number of methoxy groups -OCH3 is 4. The molecule has 2 rings (SSSR count). The Morgan fingerprint density at radius 1 is 0.968 bits per heavy atom. The van der Waals surface area contributed by atoms with Crippen LogP contribution in [0.25, 0.3) is 0 Å². The first-order valence-electron chi connectivity index (χ1n) is 8.99. The third kappa shape index (κ3) is 5.86. The molecule has 168 valence electrons. The zero-order valence-corrected chi connectivity index (χ0v) is 18.7. The highest BCUT2D eigenvalue weighted by atomic mass is 32.2. The summed E-state index contributed by atoms with van der Waals surface area (Å²) in [6.45, 7) is -0.452. The van der Waals surface area contributed by atoms with E-state index in [-0.39, 0.29) is 10.6 Å². The fourth-order valence-corrected chi connectivity index (χ4v) is 3.88. The molecule has 1 amide bonds. The molecule has 11 heteroatoms. The van der Waals surface area contributed by atoms with Gasteiger partial charge in [-0.3, -0.25) is 4.79 Å². The summed E-state index contributed by atoms with van der Waals surface area (Å²) in [5, 5.41) is 3.85. The van der Waals surface area contributed by atoms with E-state index in [1.165, 1.54) is 53.8 Å². The smallest absolute Gasteiger partial charge is 0.255 e. The number of benzene rings is 2. The molecule has 0 unspecified atom stereocenters. The second kappa shape index (κ2) is 10.6. The number of carbonyl (C=O) groups is 1. The van der Waals surface area contributed by atoms with Gasteiger partial charge in [0.15, 0.2) is 11.5 Å². The number of nitrogens with one attached hydrogen (secondary N) is 1. The molecule has 2 aromatic rings. The number of hydrogen-bond acceptors (Lipinski definition) is 8. The van der Waals surface area contributed by atoms with Gasteiger partial charge in [0.1, 0.15) is 16.4 Å². The third-order valence-corrected chi connectivity index (χ3v) is 6.06. The van der Waals surface area contributed by atoms with Gasteiger partial charge in [0.05, 0.1) is 41.2 Å². The van der Waals surface area contributed by atoms with Gasteiger partial charge in [0.2, 0.25) is 10.0 Å². The molecule has 0 aliphatic carbocycles. The maximum atomic E-state index is 12.9. The molecule has 0 aliphatic rings. The van der Waals surface area contributed by atoms with Crippen molar-refractivity contribution in [3.63, 3.8) is 0 Å². The highest BCUT2D eigenvalue weighted by Crippen LogP contribution is 2.30. The summed E-state index contributed by atoms with van der Waals surface area (Å²) < 4.78 is 47.2. The number of rotatable bonds is 10. The lowest BCUT2D eigenvalue weighted by Gasteiger charge is -2.18. The summed E-state index contributed by atoms with van der Waals surface area (Å²) in [6.07, 6.45) is 1.40. The summed E-state index contributed by atoms with van der Waals surface area (Å²) in [4.78, 5) is 12.1. The fourth-order valence-electron chi connectivity index (χ4n) is 2.59. The minimum atomic E-state index is -4.02. The molecular formula is C20H25N3O7S. The van der Waals surface area contributed by atoms with Crippen LogP contribution in [0.1, 0.15) is 5.56 Å². The molecule has 10 nitrogen and oxygen atoms in total. The summed E-state index contributed by atoms with van der Waals surface area (Å²) in [7, 11) is 3.08. The van der Waals surface area contributed by atoms with Crippen molar-refractivity contribution in [2.45, 2.75) is 4.90 Å². The Balaban J connectivity index is 2.08. The first-order chi connectivity index (χ1) is 14.8. The number of hydrogen-bond donors (Lipinski definition) is 1. The lowest BCUT2D eigenvalue weighted by atomic mass is 10.2. The quantitative estimate of drug-likeness (QED) is 0.430. The monoisotopic (exact) mass is 451 g/mol. The van der Waals surface area contributed by atoms with Crippen molar-refractivity contribution in [2.75, 3.05) is 42.0 Å². The molecular weight excluding hydrogens is 426 g/mol. The topological polar surface area (TPSA) is 116 Å². The van der Waals surface area contributed by atoms with Gasteiger partial charge in [-0.25, -0.2) is 13.8 Å². The van der Waals surface area contributed by atoms with Gasteiger partial charge < -0.3 is 18.9 Å². The van der Waals surface area contributed by atoms with Crippen molar-refractivity contribution in [2.24, 2.45) is 5.10 Å². The van der Waals surface area contributed by atoms with E-state index >= 15 is 0 Å². The fraction of sp³-hybridized carbons (Fsp3) is 0.300. The minimum Gasteiger partial charge on any atom is -0.497 e. The van der Waals surface area contributed by atoms with E-state index in [0.29, 0.717) is 22.8 Å². The van der Waals surface area contributed by atoms with Crippen molar-refractivity contribution in [3.05, 3.63) is 42.0 Å². The lowest BCUT2D eigenvalue weighted by molar-refractivity contribution is -0.121. The molecule has 2 aromatic carbocycles. The van der Waals surface area contributed by atoms with Crippen LogP contribution in [-0.2, 0) is 14.8 Å². The molecule has 0 radical (unpaired) electrons. The molecule has 0 saturated heterocycles. The molecule has 0 atom stereocenters. The Bertz CT molecular complexity index is 1050. The van der Waals surface area contributed by atoms with Gasteiger partial charge in [-0.1, -0.05) is 0 Å². The van der Waals surface area contributed by atoms with Crippen LogP contribution >= 0.6 is 0 Å². The van der Waals surface area contributed by atoms with Crippen LogP contribution in [0.3, 0.4) is 0 Å². The number of ether oxygens (including phenoxy) is 4. The molecule has 0 aromatic heterocycles. The van der Waals surface area contributed by atoms with Crippen molar-refractivity contribution >= 4 is 22.1 Å². The summed E-state index contributed by atoms with van der Waals surface area (Å²) >= 11 is 0.